The lowest BCUT2D eigenvalue weighted by Gasteiger charge is -2.07. The number of benzene rings is 1. The first-order chi connectivity index (χ1) is 7.49. The number of carbonyl (C=O) groups is 1. The topological polar surface area (TPSA) is 29.1 Å². The summed E-state index contributed by atoms with van der Waals surface area (Å²) in [5.41, 5.74) is 0.828. The van der Waals surface area contributed by atoms with Crippen molar-refractivity contribution in [1.29, 1.82) is 0 Å². The van der Waals surface area contributed by atoms with E-state index in [1.165, 1.54) is 0 Å². The van der Waals surface area contributed by atoms with E-state index in [4.69, 9.17) is 34.8 Å². The summed E-state index contributed by atoms with van der Waals surface area (Å²) >= 11 is 17.3. The standard InChI is InChI=1S/C11H12Cl3NO/c1-7(12)6-15-11(16)5-8-2-3-9(13)10(14)4-8/h2-4,7H,5-6H2,1H3,(H,15,16). The Morgan fingerprint density at radius 3 is 2.62 bits per heavy atom. The van der Waals surface area contributed by atoms with Crippen molar-refractivity contribution in [1.82, 2.24) is 5.32 Å². The highest BCUT2D eigenvalue weighted by Gasteiger charge is 2.06. The lowest BCUT2D eigenvalue weighted by atomic mass is 10.1. The second kappa shape index (κ2) is 6.33. The smallest absolute Gasteiger partial charge is 0.224 e. The van der Waals surface area contributed by atoms with Crippen LogP contribution in [0.25, 0.3) is 0 Å². The summed E-state index contributed by atoms with van der Waals surface area (Å²) in [6, 6.07) is 5.14. The number of nitrogens with one attached hydrogen (secondary N) is 1. The Balaban J connectivity index is 2.53. The molecule has 0 aliphatic rings. The molecule has 0 aliphatic carbocycles. The van der Waals surface area contributed by atoms with E-state index in [-0.39, 0.29) is 17.7 Å². The number of amides is 1. The van der Waals surface area contributed by atoms with Crippen LogP contribution in [0.2, 0.25) is 10.0 Å². The van der Waals surface area contributed by atoms with E-state index in [2.05, 4.69) is 5.32 Å². The lowest BCUT2D eigenvalue weighted by Crippen LogP contribution is -2.29. The summed E-state index contributed by atoms with van der Waals surface area (Å²) < 4.78 is 0. The fourth-order valence-corrected chi connectivity index (χ4v) is 1.55. The van der Waals surface area contributed by atoms with Gasteiger partial charge < -0.3 is 5.32 Å². The fraction of sp³-hybridized carbons (Fsp3) is 0.364. The molecular weight excluding hydrogens is 268 g/mol. The molecular formula is C11H12Cl3NO. The molecule has 0 heterocycles. The SMILES string of the molecule is CC(Cl)CNC(=O)Cc1ccc(Cl)c(Cl)c1. The largest absolute Gasteiger partial charge is 0.354 e. The quantitative estimate of drug-likeness (QED) is 0.843. The Hall–Kier alpha value is -0.440. The van der Waals surface area contributed by atoms with Crippen LogP contribution in [0, 0.1) is 0 Å². The van der Waals surface area contributed by atoms with Crippen LogP contribution in [0.3, 0.4) is 0 Å². The zero-order chi connectivity index (χ0) is 12.1. The highest BCUT2D eigenvalue weighted by molar-refractivity contribution is 6.42. The number of rotatable bonds is 4. The molecule has 0 fully saturated rings. The number of hydrogen-bond acceptors (Lipinski definition) is 1. The van der Waals surface area contributed by atoms with Gasteiger partial charge in [-0.05, 0) is 24.6 Å². The van der Waals surface area contributed by atoms with Crippen molar-refractivity contribution in [2.45, 2.75) is 18.7 Å². The third-order valence-corrected chi connectivity index (χ3v) is 2.82. The van der Waals surface area contributed by atoms with E-state index in [0.717, 1.165) is 5.56 Å². The van der Waals surface area contributed by atoms with Gasteiger partial charge in [-0.15, -0.1) is 11.6 Å². The van der Waals surface area contributed by atoms with Gasteiger partial charge in [-0.3, -0.25) is 4.79 Å². The van der Waals surface area contributed by atoms with Crippen LogP contribution < -0.4 is 5.32 Å². The molecule has 1 atom stereocenters. The molecule has 0 saturated carbocycles. The minimum Gasteiger partial charge on any atom is -0.354 e. The Morgan fingerprint density at radius 2 is 2.06 bits per heavy atom. The van der Waals surface area contributed by atoms with Crippen molar-refractivity contribution in [3.05, 3.63) is 33.8 Å². The number of alkyl halides is 1. The average molecular weight is 281 g/mol. The first kappa shape index (κ1) is 13.6. The van der Waals surface area contributed by atoms with E-state index < -0.39 is 0 Å². The van der Waals surface area contributed by atoms with Crippen LogP contribution in [0.1, 0.15) is 12.5 Å². The van der Waals surface area contributed by atoms with Gasteiger partial charge in [0, 0.05) is 11.9 Å². The van der Waals surface area contributed by atoms with Gasteiger partial charge in [-0.25, -0.2) is 0 Å². The van der Waals surface area contributed by atoms with Gasteiger partial charge >= 0.3 is 0 Å². The van der Waals surface area contributed by atoms with Gasteiger partial charge in [0.05, 0.1) is 16.5 Å². The second-order valence-corrected chi connectivity index (χ2v) is 5.07. The molecule has 0 spiro atoms. The zero-order valence-electron chi connectivity index (χ0n) is 8.77. The van der Waals surface area contributed by atoms with Gasteiger partial charge in [0.15, 0.2) is 0 Å². The number of carbonyl (C=O) groups excluding carboxylic acids is 1. The van der Waals surface area contributed by atoms with Crippen molar-refractivity contribution in [3.8, 4) is 0 Å². The molecule has 2 nitrogen and oxygen atoms in total. The minimum atomic E-state index is -0.0779. The van der Waals surface area contributed by atoms with Gasteiger partial charge in [0.2, 0.25) is 5.91 Å². The van der Waals surface area contributed by atoms with Crippen LogP contribution in [0.5, 0.6) is 0 Å². The van der Waals surface area contributed by atoms with Crippen molar-refractivity contribution >= 4 is 40.7 Å². The highest BCUT2D eigenvalue weighted by Crippen LogP contribution is 2.22. The first-order valence-corrected chi connectivity index (χ1v) is 6.03. The molecule has 1 unspecified atom stereocenters. The van der Waals surface area contributed by atoms with Crippen molar-refractivity contribution in [2.24, 2.45) is 0 Å². The molecule has 1 aromatic carbocycles. The molecule has 1 aromatic rings. The molecule has 5 heteroatoms. The molecule has 1 amide bonds. The highest BCUT2D eigenvalue weighted by atomic mass is 35.5. The summed E-state index contributed by atoms with van der Waals surface area (Å²) in [4.78, 5) is 11.5. The predicted molar refractivity (Wildman–Crippen MR) is 68.5 cm³/mol. The van der Waals surface area contributed by atoms with E-state index >= 15 is 0 Å². The maximum Gasteiger partial charge on any atom is 0.224 e. The Bertz CT molecular complexity index is 379. The van der Waals surface area contributed by atoms with Crippen LogP contribution in [0.4, 0.5) is 0 Å². The number of hydrogen-bond donors (Lipinski definition) is 1. The maximum absolute atomic E-state index is 11.5. The van der Waals surface area contributed by atoms with Gasteiger partial charge in [-0.1, -0.05) is 29.3 Å². The molecule has 1 rings (SSSR count). The normalized spacial score (nSPS) is 12.2. The zero-order valence-corrected chi connectivity index (χ0v) is 11.0. The van der Waals surface area contributed by atoms with Crippen LogP contribution in [-0.4, -0.2) is 17.8 Å². The van der Waals surface area contributed by atoms with Gasteiger partial charge in [-0.2, -0.15) is 0 Å². The van der Waals surface area contributed by atoms with Gasteiger partial charge in [0.25, 0.3) is 0 Å². The van der Waals surface area contributed by atoms with Gasteiger partial charge in [0.1, 0.15) is 0 Å². The fourth-order valence-electron chi connectivity index (χ4n) is 1.15. The molecule has 88 valence electrons. The summed E-state index contributed by atoms with van der Waals surface area (Å²) in [6.07, 6.45) is 0.278. The third-order valence-electron chi connectivity index (χ3n) is 1.93. The minimum absolute atomic E-state index is 0.0715. The van der Waals surface area contributed by atoms with E-state index in [1.807, 2.05) is 6.92 Å². The third kappa shape index (κ3) is 4.60. The summed E-state index contributed by atoms with van der Waals surface area (Å²) in [7, 11) is 0. The van der Waals surface area contributed by atoms with Crippen LogP contribution >= 0.6 is 34.8 Å². The average Bonchev–Trinajstić information content (AvgIpc) is 2.21. The molecule has 0 aromatic heterocycles. The monoisotopic (exact) mass is 279 g/mol. The van der Waals surface area contributed by atoms with Crippen molar-refractivity contribution < 1.29 is 4.79 Å². The Kier molecular flexibility index (Phi) is 5.39. The molecule has 0 radical (unpaired) electrons. The first-order valence-electron chi connectivity index (χ1n) is 4.83. The van der Waals surface area contributed by atoms with Crippen molar-refractivity contribution in [2.75, 3.05) is 6.54 Å². The van der Waals surface area contributed by atoms with E-state index in [0.29, 0.717) is 16.6 Å². The summed E-state index contributed by atoms with van der Waals surface area (Å²) in [6.45, 7) is 2.28. The molecule has 0 aliphatic heterocycles. The number of halogens is 3. The van der Waals surface area contributed by atoms with Crippen molar-refractivity contribution in [3.63, 3.8) is 0 Å². The van der Waals surface area contributed by atoms with E-state index in [9.17, 15) is 4.79 Å². The van der Waals surface area contributed by atoms with Crippen LogP contribution in [0.15, 0.2) is 18.2 Å². The summed E-state index contributed by atoms with van der Waals surface area (Å²) in [5, 5.41) is 3.59. The molecule has 16 heavy (non-hydrogen) atoms. The predicted octanol–water partition coefficient (Wildman–Crippen LogP) is 3.28. The second-order valence-electron chi connectivity index (χ2n) is 3.51. The molecule has 0 saturated heterocycles. The Labute approximate surface area is 110 Å². The van der Waals surface area contributed by atoms with Crippen LogP contribution in [-0.2, 0) is 11.2 Å². The van der Waals surface area contributed by atoms with E-state index in [1.54, 1.807) is 18.2 Å². The Morgan fingerprint density at radius 1 is 1.38 bits per heavy atom. The molecule has 0 bridgehead atoms. The summed E-state index contributed by atoms with van der Waals surface area (Å²) in [5.74, 6) is -0.0779. The molecule has 1 N–H and O–H groups in total. The maximum atomic E-state index is 11.5. The lowest BCUT2D eigenvalue weighted by molar-refractivity contribution is -0.120.